The minimum Gasteiger partial charge on any atom is -0.462 e. The maximum atomic E-state index is 12.3. The van der Waals surface area contributed by atoms with E-state index < -0.39 is 32.5 Å². The number of allylic oxidation sites excluding steroid dienone is 4. The Hall–Kier alpha value is -1.47. The number of phosphoric acid groups is 1. The zero-order valence-electron chi connectivity index (χ0n) is 28.8. The van der Waals surface area contributed by atoms with Gasteiger partial charge in [0.1, 0.15) is 6.61 Å². The van der Waals surface area contributed by atoms with Crippen molar-refractivity contribution in [2.24, 2.45) is 0 Å². The Balaban J connectivity index is 3.99. The maximum Gasteiger partial charge on any atom is 0.469 e. The molecule has 0 saturated carbocycles. The third kappa shape index (κ3) is 35.2. The summed E-state index contributed by atoms with van der Waals surface area (Å²) in [4.78, 5) is 42.6. The summed E-state index contributed by atoms with van der Waals surface area (Å²) in [5.41, 5.74) is 0. The lowest BCUT2D eigenvalue weighted by atomic mass is 10.1. The van der Waals surface area contributed by atoms with Gasteiger partial charge in [0.2, 0.25) is 0 Å². The van der Waals surface area contributed by atoms with Crippen LogP contribution in [0, 0.1) is 0 Å². The number of carbonyl (C=O) groups excluding carboxylic acids is 2. The fourth-order valence-corrected chi connectivity index (χ4v) is 5.31. The number of esters is 2. The molecule has 0 rings (SSSR count). The maximum absolute atomic E-state index is 12.3. The van der Waals surface area contributed by atoms with Crippen molar-refractivity contribution < 1.29 is 37.9 Å². The zero-order chi connectivity index (χ0) is 33.3. The van der Waals surface area contributed by atoms with Crippen molar-refractivity contribution >= 4 is 19.8 Å². The van der Waals surface area contributed by atoms with Crippen molar-refractivity contribution in [2.75, 3.05) is 13.2 Å². The quantitative estimate of drug-likeness (QED) is 0.0309. The highest BCUT2D eigenvalue weighted by atomic mass is 31.2. The summed E-state index contributed by atoms with van der Waals surface area (Å²) >= 11 is 0. The molecule has 8 nitrogen and oxygen atoms in total. The Morgan fingerprint density at radius 1 is 0.556 bits per heavy atom. The normalized spacial score (nSPS) is 12.7. The predicted molar refractivity (Wildman–Crippen MR) is 184 cm³/mol. The SMILES string of the molecule is CCCCC/C=C/CCCCCCCC(=O)OC[C@H](COP(=O)(O)O)OC(=O)CCCCCCCCC/C=C/CCCCCC. The molecule has 0 spiro atoms. The molecule has 0 saturated heterocycles. The minimum absolute atomic E-state index is 0.206. The van der Waals surface area contributed by atoms with Crippen LogP contribution in [-0.2, 0) is 28.2 Å². The van der Waals surface area contributed by atoms with Gasteiger partial charge in [0.05, 0.1) is 6.61 Å². The summed E-state index contributed by atoms with van der Waals surface area (Å²) < 4.78 is 26.2. The van der Waals surface area contributed by atoms with Gasteiger partial charge in [-0.1, -0.05) is 122 Å². The van der Waals surface area contributed by atoms with Crippen LogP contribution in [0.15, 0.2) is 24.3 Å². The Morgan fingerprint density at radius 2 is 0.933 bits per heavy atom. The lowest BCUT2D eigenvalue weighted by Gasteiger charge is -2.18. The van der Waals surface area contributed by atoms with E-state index in [9.17, 15) is 14.2 Å². The van der Waals surface area contributed by atoms with E-state index in [0.717, 1.165) is 57.8 Å². The summed E-state index contributed by atoms with van der Waals surface area (Å²) in [7, 11) is -4.75. The third-order valence-corrected chi connectivity index (χ3v) is 8.18. The highest BCUT2D eigenvalue weighted by molar-refractivity contribution is 7.46. The molecule has 0 aliphatic rings. The lowest BCUT2D eigenvalue weighted by molar-refractivity contribution is -0.161. The van der Waals surface area contributed by atoms with E-state index in [1.165, 1.54) is 77.0 Å². The molecular formula is C36H67O8P. The Labute approximate surface area is 275 Å². The Morgan fingerprint density at radius 3 is 1.40 bits per heavy atom. The molecule has 0 aromatic heterocycles. The second-order valence-corrected chi connectivity index (χ2v) is 13.4. The van der Waals surface area contributed by atoms with Crippen molar-refractivity contribution in [3.05, 3.63) is 24.3 Å². The first-order valence-electron chi connectivity index (χ1n) is 18.1. The average Bonchev–Trinajstić information content (AvgIpc) is 3.00. The lowest BCUT2D eigenvalue weighted by Crippen LogP contribution is -2.29. The second-order valence-electron chi connectivity index (χ2n) is 12.2. The van der Waals surface area contributed by atoms with Crippen LogP contribution in [-0.4, -0.2) is 41.0 Å². The van der Waals surface area contributed by atoms with E-state index in [-0.39, 0.29) is 19.4 Å². The summed E-state index contributed by atoms with van der Waals surface area (Å²) in [5.74, 6) is -0.900. The van der Waals surface area contributed by atoms with Crippen LogP contribution in [0.4, 0.5) is 0 Å². The second kappa shape index (κ2) is 32.5. The first-order valence-corrected chi connectivity index (χ1v) is 19.7. The standard InChI is InChI=1S/C36H67O8P/c1-3-5-7-9-11-13-15-17-18-19-21-23-25-27-29-31-36(38)44-34(33-43-45(39,40)41)32-42-35(37)30-28-26-24-22-20-16-14-12-10-8-6-4-2/h12-15,34H,3-11,16-33H2,1-2H3,(H2,39,40,41)/b14-12+,15-13+/t34-/m1/s1. The smallest absolute Gasteiger partial charge is 0.462 e. The minimum atomic E-state index is -4.75. The zero-order valence-corrected chi connectivity index (χ0v) is 29.7. The van der Waals surface area contributed by atoms with Gasteiger partial charge in [0.15, 0.2) is 6.10 Å². The number of hydrogen-bond donors (Lipinski definition) is 2. The average molecular weight is 659 g/mol. The van der Waals surface area contributed by atoms with Crippen molar-refractivity contribution in [3.63, 3.8) is 0 Å². The molecule has 9 heteroatoms. The molecule has 0 amide bonds. The molecule has 0 aromatic carbocycles. The van der Waals surface area contributed by atoms with Gasteiger partial charge in [-0.3, -0.25) is 14.1 Å². The van der Waals surface area contributed by atoms with Crippen LogP contribution in [0.2, 0.25) is 0 Å². The number of hydrogen-bond acceptors (Lipinski definition) is 6. The fraction of sp³-hybridized carbons (Fsp3) is 0.833. The van der Waals surface area contributed by atoms with Gasteiger partial charge < -0.3 is 19.3 Å². The van der Waals surface area contributed by atoms with Crippen LogP contribution in [0.3, 0.4) is 0 Å². The topological polar surface area (TPSA) is 119 Å². The molecule has 2 N–H and O–H groups in total. The van der Waals surface area contributed by atoms with Gasteiger partial charge in [-0.05, 0) is 64.2 Å². The molecular weight excluding hydrogens is 591 g/mol. The van der Waals surface area contributed by atoms with Crippen LogP contribution in [0.1, 0.15) is 174 Å². The molecule has 0 unspecified atom stereocenters. The van der Waals surface area contributed by atoms with Gasteiger partial charge >= 0.3 is 19.8 Å². The fourth-order valence-electron chi connectivity index (χ4n) is 4.95. The van der Waals surface area contributed by atoms with Crippen LogP contribution in [0.5, 0.6) is 0 Å². The Bertz CT molecular complexity index is 792. The summed E-state index contributed by atoms with van der Waals surface area (Å²) in [5, 5.41) is 0. The van der Waals surface area contributed by atoms with Crippen molar-refractivity contribution in [1.29, 1.82) is 0 Å². The molecule has 0 aliphatic carbocycles. The van der Waals surface area contributed by atoms with Gasteiger partial charge in [-0.15, -0.1) is 0 Å². The highest BCUT2D eigenvalue weighted by Gasteiger charge is 2.22. The molecule has 0 aliphatic heterocycles. The summed E-state index contributed by atoms with van der Waals surface area (Å²) in [6, 6.07) is 0. The Kier molecular flexibility index (Phi) is 31.4. The molecule has 0 radical (unpaired) electrons. The monoisotopic (exact) mass is 658 g/mol. The molecule has 1 atom stereocenters. The number of rotatable bonds is 33. The molecule has 0 aromatic rings. The number of phosphoric ester groups is 1. The first kappa shape index (κ1) is 43.5. The summed E-state index contributed by atoms with van der Waals surface area (Å²) in [6.45, 7) is 3.62. The van der Waals surface area contributed by atoms with Gasteiger partial charge in [-0.25, -0.2) is 4.57 Å². The van der Waals surface area contributed by atoms with Gasteiger partial charge in [0, 0.05) is 12.8 Å². The predicted octanol–water partition coefficient (Wildman–Crippen LogP) is 10.5. The summed E-state index contributed by atoms with van der Waals surface area (Å²) in [6.07, 6.45) is 34.7. The van der Waals surface area contributed by atoms with E-state index >= 15 is 0 Å². The third-order valence-electron chi connectivity index (χ3n) is 7.69. The molecule has 0 heterocycles. The van der Waals surface area contributed by atoms with Crippen LogP contribution < -0.4 is 0 Å². The number of carbonyl (C=O) groups is 2. The molecule has 0 fully saturated rings. The molecule has 0 bridgehead atoms. The number of unbranched alkanes of at least 4 members (excludes halogenated alkanes) is 19. The van der Waals surface area contributed by atoms with E-state index in [4.69, 9.17) is 19.3 Å². The first-order chi connectivity index (χ1) is 21.8. The van der Waals surface area contributed by atoms with Gasteiger partial charge in [0.25, 0.3) is 0 Å². The number of ether oxygens (including phenoxy) is 2. The van der Waals surface area contributed by atoms with E-state index in [2.05, 4.69) is 42.7 Å². The van der Waals surface area contributed by atoms with Crippen molar-refractivity contribution in [2.45, 2.75) is 180 Å². The van der Waals surface area contributed by atoms with Crippen molar-refractivity contribution in [1.82, 2.24) is 0 Å². The van der Waals surface area contributed by atoms with Crippen LogP contribution >= 0.6 is 7.82 Å². The highest BCUT2D eigenvalue weighted by Crippen LogP contribution is 2.36. The van der Waals surface area contributed by atoms with E-state index in [1.54, 1.807) is 0 Å². The molecule has 264 valence electrons. The van der Waals surface area contributed by atoms with E-state index in [0.29, 0.717) is 12.8 Å². The van der Waals surface area contributed by atoms with E-state index in [1.807, 2.05) is 0 Å². The van der Waals surface area contributed by atoms with Crippen molar-refractivity contribution in [3.8, 4) is 0 Å². The van der Waals surface area contributed by atoms with Gasteiger partial charge in [-0.2, -0.15) is 0 Å². The largest absolute Gasteiger partial charge is 0.469 e. The molecule has 45 heavy (non-hydrogen) atoms. The van der Waals surface area contributed by atoms with Crippen LogP contribution in [0.25, 0.3) is 0 Å².